The van der Waals surface area contributed by atoms with E-state index in [1.165, 1.54) is 5.56 Å². The smallest absolute Gasteiger partial charge is 0.223 e. The fourth-order valence-corrected chi connectivity index (χ4v) is 1.56. The first-order valence-electron chi connectivity index (χ1n) is 5.74. The van der Waals surface area contributed by atoms with Crippen molar-refractivity contribution < 1.29 is 9.53 Å². The molecule has 3 N–H and O–H groups in total. The molecule has 0 fully saturated rings. The molecule has 18 heavy (non-hydrogen) atoms. The SMILES string of the molecule is Cc1ccc(OCCC(=O)NCC(N)=S)c(C)c1. The van der Waals surface area contributed by atoms with Crippen LogP contribution in [0.25, 0.3) is 0 Å². The van der Waals surface area contributed by atoms with Gasteiger partial charge < -0.3 is 15.8 Å². The van der Waals surface area contributed by atoms with Gasteiger partial charge in [-0.25, -0.2) is 0 Å². The number of rotatable bonds is 6. The van der Waals surface area contributed by atoms with Crippen LogP contribution in [0.3, 0.4) is 0 Å². The summed E-state index contributed by atoms with van der Waals surface area (Å²) in [5.41, 5.74) is 7.54. The summed E-state index contributed by atoms with van der Waals surface area (Å²) < 4.78 is 5.54. The molecule has 4 nitrogen and oxygen atoms in total. The standard InChI is InChI=1S/C13H18N2O2S/c1-9-3-4-11(10(2)7-9)17-6-5-13(16)15-8-12(14)18/h3-4,7H,5-6,8H2,1-2H3,(H2,14,18)(H,15,16). The molecule has 0 unspecified atom stereocenters. The van der Waals surface area contributed by atoms with E-state index in [1.54, 1.807) is 0 Å². The van der Waals surface area contributed by atoms with Crippen LogP contribution in [0.15, 0.2) is 18.2 Å². The van der Waals surface area contributed by atoms with E-state index in [9.17, 15) is 4.79 Å². The molecule has 5 heteroatoms. The number of thiocarbonyl (C=S) groups is 1. The number of nitrogens with one attached hydrogen (secondary N) is 1. The Morgan fingerprint density at radius 2 is 2.17 bits per heavy atom. The fourth-order valence-electron chi connectivity index (χ4n) is 1.49. The molecular formula is C13H18N2O2S. The molecular weight excluding hydrogens is 248 g/mol. The van der Waals surface area contributed by atoms with Gasteiger partial charge in [-0.1, -0.05) is 29.9 Å². The summed E-state index contributed by atoms with van der Waals surface area (Å²) in [6, 6.07) is 5.94. The zero-order valence-electron chi connectivity index (χ0n) is 10.7. The highest BCUT2D eigenvalue weighted by Crippen LogP contribution is 2.18. The predicted molar refractivity (Wildman–Crippen MR) is 75.8 cm³/mol. The summed E-state index contributed by atoms with van der Waals surface area (Å²) in [5.74, 6) is 0.690. The molecule has 0 atom stereocenters. The minimum atomic E-state index is -0.118. The third kappa shape index (κ3) is 5.14. The molecule has 0 aliphatic carbocycles. The Bertz CT molecular complexity index is 447. The molecule has 0 saturated heterocycles. The second kappa shape index (κ2) is 6.96. The number of hydrogen-bond donors (Lipinski definition) is 2. The maximum absolute atomic E-state index is 11.4. The van der Waals surface area contributed by atoms with Gasteiger partial charge in [-0.05, 0) is 25.5 Å². The maximum atomic E-state index is 11.4. The largest absolute Gasteiger partial charge is 0.493 e. The summed E-state index contributed by atoms with van der Waals surface area (Å²) >= 11 is 4.66. The first-order chi connectivity index (χ1) is 8.49. The molecule has 1 amide bonds. The Morgan fingerprint density at radius 1 is 1.44 bits per heavy atom. The van der Waals surface area contributed by atoms with Gasteiger partial charge in [0.1, 0.15) is 5.75 Å². The van der Waals surface area contributed by atoms with Crippen molar-refractivity contribution in [2.75, 3.05) is 13.2 Å². The highest BCUT2D eigenvalue weighted by molar-refractivity contribution is 7.80. The van der Waals surface area contributed by atoms with Gasteiger partial charge >= 0.3 is 0 Å². The van der Waals surface area contributed by atoms with Gasteiger partial charge in [-0.15, -0.1) is 0 Å². The number of amides is 1. The van der Waals surface area contributed by atoms with Crippen molar-refractivity contribution in [3.63, 3.8) is 0 Å². The second-order valence-electron chi connectivity index (χ2n) is 4.11. The molecule has 0 saturated carbocycles. The number of hydrogen-bond acceptors (Lipinski definition) is 3. The predicted octanol–water partition coefficient (Wildman–Crippen LogP) is 1.47. The number of benzene rings is 1. The number of nitrogens with two attached hydrogens (primary N) is 1. The molecule has 1 aromatic rings. The van der Waals surface area contributed by atoms with Crippen molar-refractivity contribution in [3.05, 3.63) is 29.3 Å². The van der Waals surface area contributed by atoms with Gasteiger partial charge in [0.15, 0.2) is 0 Å². The van der Waals surface area contributed by atoms with E-state index in [1.807, 2.05) is 32.0 Å². The van der Waals surface area contributed by atoms with Crippen LogP contribution in [0.2, 0.25) is 0 Å². The van der Waals surface area contributed by atoms with Crippen molar-refractivity contribution in [1.82, 2.24) is 5.32 Å². The van der Waals surface area contributed by atoms with Crippen LogP contribution in [0.5, 0.6) is 5.75 Å². The number of aryl methyl sites for hydroxylation is 2. The maximum Gasteiger partial charge on any atom is 0.223 e. The molecule has 98 valence electrons. The topological polar surface area (TPSA) is 64.3 Å². The number of carbonyl (C=O) groups is 1. The number of carbonyl (C=O) groups excluding carboxylic acids is 1. The molecule has 0 aliphatic heterocycles. The normalized spacial score (nSPS) is 9.89. The Morgan fingerprint density at radius 3 is 2.78 bits per heavy atom. The minimum absolute atomic E-state index is 0.118. The first kappa shape index (κ1) is 14.4. The van der Waals surface area contributed by atoms with E-state index in [-0.39, 0.29) is 23.9 Å². The lowest BCUT2D eigenvalue weighted by molar-refractivity contribution is -0.121. The van der Waals surface area contributed by atoms with Crippen LogP contribution in [-0.2, 0) is 4.79 Å². The summed E-state index contributed by atoms with van der Waals surface area (Å²) in [6.07, 6.45) is 0.288. The summed E-state index contributed by atoms with van der Waals surface area (Å²) in [6.45, 7) is 4.58. The van der Waals surface area contributed by atoms with Crippen molar-refractivity contribution in [2.45, 2.75) is 20.3 Å². The summed E-state index contributed by atoms with van der Waals surface area (Å²) in [5, 5.41) is 2.61. The van der Waals surface area contributed by atoms with Crippen LogP contribution in [0.1, 0.15) is 17.5 Å². The van der Waals surface area contributed by atoms with Gasteiger partial charge in [-0.3, -0.25) is 4.79 Å². The van der Waals surface area contributed by atoms with Crippen LogP contribution < -0.4 is 15.8 Å². The highest BCUT2D eigenvalue weighted by atomic mass is 32.1. The summed E-state index contributed by atoms with van der Waals surface area (Å²) in [7, 11) is 0. The van der Waals surface area contributed by atoms with Gasteiger partial charge in [0.05, 0.1) is 24.6 Å². The third-order valence-electron chi connectivity index (χ3n) is 2.38. The molecule has 0 bridgehead atoms. The van der Waals surface area contributed by atoms with E-state index in [0.29, 0.717) is 6.61 Å². The quantitative estimate of drug-likeness (QED) is 0.765. The van der Waals surface area contributed by atoms with Gasteiger partial charge in [-0.2, -0.15) is 0 Å². The number of ether oxygens (including phenoxy) is 1. The van der Waals surface area contributed by atoms with Gasteiger partial charge in [0.25, 0.3) is 0 Å². The Kier molecular flexibility index (Phi) is 5.58. The third-order valence-corrected chi connectivity index (χ3v) is 2.52. The van der Waals surface area contributed by atoms with Gasteiger partial charge in [0, 0.05) is 0 Å². The lowest BCUT2D eigenvalue weighted by Gasteiger charge is -2.09. The molecule has 0 aliphatic rings. The zero-order chi connectivity index (χ0) is 13.5. The average molecular weight is 266 g/mol. The van der Waals surface area contributed by atoms with Crippen molar-refractivity contribution in [2.24, 2.45) is 5.73 Å². The van der Waals surface area contributed by atoms with Crippen LogP contribution >= 0.6 is 12.2 Å². The van der Waals surface area contributed by atoms with E-state index >= 15 is 0 Å². The molecule has 0 radical (unpaired) electrons. The van der Waals surface area contributed by atoms with E-state index in [0.717, 1.165) is 11.3 Å². The second-order valence-corrected chi connectivity index (χ2v) is 4.63. The summed E-state index contributed by atoms with van der Waals surface area (Å²) in [4.78, 5) is 11.6. The van der Waals surface area contributed by atoms with E-state index in [4.69, 9.17) is 10.5 Å². The van der Waals surface area contributed by atoms with Crippen LogP contribution in [0.4, 0.5) is 0 Å². The minimum Gasteiger partial charge on any atom is -0.493 e. The Balaban J connectivity index is 2.33. The van der Waals surface area contributed by atoms with Crippen molar-refractivity contribution in [3.8, 4) is 5.75 Å². The van der Waals surface area contributed by atoms with E-state index in [2.05, 4.69) is 17.5 Å². The molecule has 0 aromatic heterocycles. The Labute approximate surface area is 113 Å². The van der Waals surface area contributed by atoms with E-state index < -0.39 is 0 Å². The highest BCUT2D eigenvalue weighted by Gasteiger charge is 2.03. The zero-order valence-corrected chi connectivity index (χ0v) is 11.5. The molecule has 0 heterocycles. The van der Waals surface area contributed by atoms with Gasteiger partial charge in [0.2, 0.25) is 5.91 Å². The first-order valence-corrected chi connectivity index (χ1v) is 6.15. The molecule has 1 aromatic carbocycles. The van der Waals surface area contributed by atoms with Crippen molar-refractivity contribution in [1.29, 1.82) is 0 Å². The van der Waals surface area contributed by atoms with Crippen LogP contribution in [-0.4, -0.2) is 24.0 Å². The lowest BCUT2D eigenvalue weighted by Crippen LogP contribution is -2.32. The van der Waals surface area contributed by atoms with Crippen LogP contribution in [0, 0.1) is 13.8 Å². The monoisotopic (exact) mass is 266 g/mol. The molecule has 0 spiro atoms. The average Bonchev–Trinajstić information content (AvgIpc) is 2.29. The van der Waals surface area contributed by atoms with Crippen molar-refractivity contribution >= 4 is 23.1 Å². The fraction of sp³-hybridized carbons (Fsp3) is 0.385. The molecule has 1 rings (SSSR count). The lowest BCUT2D eigenvalue weighted by atomic mass is 10.1. The Hall–Kier alpha value is -1.62.